The third-order valence-corrected chi connectivity index (χ3v) is 6.32. The molecule has 1 saturated heterocycles. The fourth-order valence-electron chi connectivity index (χ4n) is 4.49. The van der Waals surface area contributed by atoms with Gasteiger partial charge in [0.2, 0.25) is 0 Å². The van der Waals surface area contributed by atoms with Crippen molar-refractivity contribution in [1.82, 2.24) is 25.2 Å². The maximum absolute atomic E-state index is 12.8. The third kappa shape index (κ3) is 5.05. The van der Waals surface area contributed by atoms with Crippen molar-refractivity contribution in [3.63, 3.8) is 0 Å². The van der Waals surface area contributed by atoms with Gasteiger partial charge in [-0.05, 0) is 62.5 Å². The standard InChI is InChI=1S/C27H27N7O2/c1-34-8-7-21(15-34)30-27(35)18-4-6-23(20(10-18)16-36-2)32-26-14-29-13-25(33-26)24-11-19-9-17(12-28)3-5-22(19)31-24/h3-6,9-11,13-14,21,31H,7-8,15-16H2,1-2H3,(H,30,35)(H,32,33). The van der Waals surface area contributed by atoms with Crippen LogP contribution in [0.4, 0.5) is 11.5 Å². The fraction of sp³-hybridized carbons (Fsp3) is 0.259. The van der Waals surface area contributed by atoms with Crippen molar-refractivity contribution >= 4 is 28.3 Å². The van der Waals surface area contributed by atoms with Gasteiger partial charge in [0.15, 0.2) is 0 Å². The summed E-state index contributed by atoms with van der Waals surface area (Å²) < 4.78 is 5.39. The Morgan fingerprint density at radius 3 is 2.92 bits per heavy atom. The van der Waals surface area contributed by atoms with Gasteiger partial charge in [-0.2, -0.15) is 5.26 Å². The molecule has 0 saturated carbocycles. The molecule has 1 amide bonds. The monoisotopic (exact) mass is 481 g/mol. The predicted octanol–water partition coefficient (Wildman–Crippen LogP) is 3.82. The number of carbonyl (C=O) groups excluding carboxylic acids is 1. The van der Waals surface area contributed by atoms with Crippen LogP contribution in [-0.4, -0.2) is 59.0 Å². The molecule has 1 atom stereocenters. The molecule has 0 aliphatic carbocycles. The van der Waals surface area contributed by atoms with Crippen molar-refractivity contribution in [2.75, 3.05) is 32.6 Å². The van der Waals surface area contributed by atoms with E-state index in [0.29, 0.717) is 29.2 Å². The van der Waals surface area contributed by atoms with Crippen LogP contribution in [0, 0.1) is 11.3 Å². The highest BCUT2D eigenvalue weighted by Crippen LogP contribution is 2.26. The number of carbonyl (C=O) groups is 1. The highest BCUT2D eigenvalue weighted by Gasteiger charge is 2.22. The van der Waals surface area contributed by atoms with Crippen LogP contribution in [-0.2, 0) is 11.3 Å². The number of rotatable bonds is 7. The molecule has 36 heavy (non-hydrogen) atoms. The van der Waals surface area contributed by atoms with E-state index in [2.05, 4.69) is 38.6 Å². The topological polar surface area (TPSA) is 119 Å². The number of amides is 1. The fourth-order valence-corrected chi connectivity index (χ4v) is 4.49. The van der Waals surface area contributed by atoms with Crippen LogP contribution in [0.1, 0.15) is 27.9 Å². The van der Waals surface area contributed by atoms with Crippen molar-refractivity contribution in [3.8, 4) is 17.5 Å². The lowest BCUT2D eigenvalue weighted by Crippen LogP contribution is -2.36. The minimum atomic E-state index is -0.0839. The Hall–Kier alpha value is -4.26. The SMILES string of the molecule is COCc1cc(C(=O)NC2CCN(C)C2)ccc1Nc1cncc(-c2cc3cc(C#N)ccc3[nH]2)n1. The van der Waals surface area contributed by atoms with Gasteiger partial charge in [-0.25, -0.2) is 4.98 Å². The molecular weight excluding hydrogens is 454 g/mol. The molecule has 3 N–H and O–H groups in total. The first-order valence-electron chi connectivity index (χ1n) is 11.8. The third-order valence-electron chi connectivity index (χ3n) is 6.32. The average molecular weight is 482 g/mol. The van der Waals surface area contributed by atoms with E-state index in [-0.39, 0.29) is 11.9 Å². The van der Waals surface area contributed by atoms with E-state index in [1.165, 1.54) is 0 Å². The highest BCUT2D eigenvalue weighted by atomic mass is 16.5. The number of fused-ring (bicyclic) bond motifs is 1. The zero-order chi connectivity index (χ0) is 25.1. The maximum Gasteiger partial charge on any atom is 0.251 e. The van der Waals surface area contributed by atoms with E-state index < -0.39 is 0 Å². The van der Waals surface area contributed by atoms with Gasteiger partial charge in [0.1, 0.15) is 11.5 Å². The summed E-state index contributed by atoms with van der Waals surface area (Å²) in [4.78, 5) is 27.4. The van der Waals surface area contributed by atoms with Gasteiger partial charge < -0.3 is 25.3 Å². The summed E-state index contributed by atoms with van der Waals surface area (Å²) in [6.45, 7) is 2.19. The summed E-state index contributed by atoms with van der Waals surface area (Å²) in [6, 6.07) is 15.3. The Labute approximate surface area is 209 Å². The molecule has 0 spiro atoms. The number of aromatic amines is 1. The molecule has 1 fully saturated rings. The summed E-state index contributed by atoms with van der Waals surface area (Å²) in [5.74, 6) is 0.478. The first-order valence-corrected chi connectivity index (χ1v) is 11.8. The van der Waals surface area contributed by atoms with Crippen LogP contribution in [0.2, 0.25) is 0 Å². The number of H-pyrrole nitrogens is 1. The van der Waals surface area contributed by atoms with Crippen molar-refractivity contribution in [1.29, 1.82) is 5.26 Å². The molecule has 1 aliphatic rings. The lowest BCUT2D eigenvalue weighted by Gasteiger charge is -2.15. The Bertz CT molecular complexity index is 1460. The summed E-state index contributed by atoms with van der Waals surface area (Å²) in [5.41, 5.74) is 5.22. The van der Waals surface area contributed by atoms with Crippen LogP contribution in [0.5, 0.6) is 0 Å². The van der Waals surface area contributed by atoms with E-state index in [1.807, 2.05) is 30.3 Å². The molecule has 1 unspecified atom stereocenters. The van der Waals surface area contributed by atoms with Crippen molar-refractivity contribution in [2.24, 2.45) is 0 Å². The molecule has 0 bridgehead atoms. The van der Waals surface area contributed by atoms with Crippen LogP contribution in [0.25, 0.3) is 22.3 Å². The highest BCUT2D eigenvalue weighted by molar-refractivity contribution is 5.95. The molecular formula is C27H27N7O2. The number of benzene rings is 2. The maximum atomic E-state index is 12.8. The van der Waals surface area contributed by atoms with Gasteiger partial charge in [-0.1, -0.05) is 0 Å². The van der Waals surface area contributed by atoms with Gasteiger partial charge in [-0.3, -0.25) is 9.78 Å². The summed E-state index contributed by atoms with van der Waals surface area (Å²) in [6.07, 6.45) is 4.29. The summed E-state index contributed by atoms with van der Waals surface area (Å²) in [7, 11) is 3.68. The van der Waals surface area contributed by atoms with Crippen LogP contribution < -0.4 is 10.6 Å². The molecule has 182 valence electrons. The average Bonchev–Trinajstić information content (AvgIpc) is 3.50. The quantitative estimate of drug-likeness (QED) is 0.367. The van der Waals surface area contributed by atoms with Crippen molar-refractivity contribution in [3.05, 3.63) is 71.5 Å². The minimum Gasteiger partial charge on any atom is -0.380 e. The first-order chi connectivity index (χ1) is 17.5. The number of likely N-dealkylation sites (N-methyl/N-ethyl adjacent to an activating group) is 1. The Balaban J connectivity index is 1.36. The smallest absolute Gasteiger partial charge is 0.251 e. The number of ether oxygens (including phenoxy) is 1. The van der Waals surface area contributed by atoms with Gasteiger partial charge in [-0.15, -0.1) is 0 Å². The number of anilines is 2. The van der Waals surface area contributed by atoms with E-state index in [1.54, 1.807) is 31.6 Å². The number of methoxy groups -OCH3 is 1. The Kier molecular flexibility index (Phi) is 6.62. The van der Waals surface area contributed by atoms with Gasteiger partial charge >= 0.3 is 0 Å². The molecule has 3 heterocycles. The number of aromatic nitrogens is 3. The molecule has 2 aromatic carbocycles. The zero-order valence-corrected chi connectivity index (χ0v) is 20.2. The van der Waals surface area contributed by atoms with Crippen molar-refractivity contribution < 1.29 is 9.53 Å². The Morgan fingerprint density at radius 1 is 1.25 bits per heavy atom. The van der Waals surface area contributed by atoms with Crippen LogP contribution in [0.15, 0.2) is 54.9 Å². The number of hydrogen-bond acceptors (Lipinski definition) is 7. The number of nitrogens with zero attached hydrogens (tertiary/aromatic N) is 4. The number of nitriles is 1. The second kappa shape index (κ2) is 10.2. The number of hydrogen-bond donors (Lipinski definition) is 3. The van der Waals surface area contributed by atoms with Gasteiger partial charge in [0.05, 0.1) is 36.3 Å². The van der Waals surface area contributed by atoms with Crippen LogP contribution >= 0.6 is 0 Å². The molecule has 5 rings (SSSR count). The summed E-state index contributed by atoms with van der Waals surface area (Å²) in [5, 5.41) is 16.5. The first kappa shape index (κ1) is 23.5. The molecule has 9 heteroatoms. The Morgan fingerprint density at radius 2 is 2.14 bits per heavy atom. The predicted molar refractivity (Wildman–Crippen MR) is 138 cm³/mol. The van der Waals surface area contributed by atoms with Gasteiger partial charge in [0, 0.05) is 47.4 Å². The lowest BCUT2D eigenvalue weighted by atomic mass is 10.1. The number of nitrogens with one attached hydrogen (secondary N) is 3. The molecule has 9 nitrogen and oxygen atoms in total. The van der Waals surface area contributed by atoms with E-state index in [9.17, 15) is 4.79 Å². The minimum absolute atomic E-state index is 0.0839. The molecule has 4 aromatic rings. The van der Waals surface area contributed by atoms with E-state index in [4.69, 9.17) is 15.0 Å². The summed E-state index contributed by atoms with van der Waals surface area (Å²) >= 11 is 0. The van der Waals surface area contributed by atoms with E-state index >= 15 is 0 Å². The largest absolute Gasteiger partial charge is 0.380 e. The lowest BCUT2D eigenvalue weighted by molar-refractivity contribution is 0.0938. The normalized spacial score (nSPS) is 15.6. The molecule has 1 aliphatic heterocycles. The zero-order valence-electron chi connectivity index (χ0n) is 20.2. The molecule has 0 radical (unpaired) electrons. The second-order valence-electron chi connectivity index (χ2n) is 9.04. The van der Waals surface area contributed by atoms with Gasteiger partial charge in [0.25, 0.3) is 5.91 Å². The molecule has 2 aromatic heterocycles. The van der Waals surface area contributed by atoms with E-state index in [0.717, 1.165) is 47.4 Å². The van der Waals surface area contributed by atoms with Crippen molar-refractivity contribution in [2.45, 2.75) is 19.1 Å². The van der Waals surface area contributed by atoms with Crippen LogP contribution in [0.3, 0.4) is 0 Å². The second-order valence-corrected chi connectivity index (χ2v) is 9.04. The number of likely N-dealkylation sites (tertiary alicyclic amines) is 1.